The molecule has 4 aromatic rings. The van der Waals surface area contributed by atoms with Gasteiger partial charge in [-0.3, -0.25) is 9.13 Å². The van der Waals surface area contributed by atoms with E-state index >= 15 is 0 Å². The van der Waals surface area contributed by atoms with E-state index in [4.69, 9.17) is 4.74 Å². The number of carbonyl (C=O) groups is 1. The first-order valence-corrected chi connectivity index (χ1v) is 9.64. The lowest BCUT2D eigenvalue weighted by Crippen LogP contribution is -2.44. The largest absolute Gasteiger partial charge is 0.464 e. The fourth-order valence-electron chi connectivity index (χ4n) is 4.02. The lowest BCUT2D eigenvalue weighted by Gasteiger charge is -2.36. The molecule has 150 valence electrons. The lowest BCUT2D eigenvalue weighted by atomic mass is 9.76. The average Bonchev–Trinajstić information content (AvgIpc) is 3.11. The normalized spacial score (nSPS) is 11.3. The van der Waals surface area contributed by atoms with Gasteiger partial charge in [-0.15, -0.1) is 0 Å². The second-order valence-electron chi connectivity index (χ2n) is 7.03. The summed E-state index contributed by atoms with van der Waals surface area (Å²) in [5.41, 5.74) is 1.64. The van der Waals surface area contributed by atoms with Crippen molar-refractivity contribution in [2.45, 2.75) is 5.54 Å². The molecule has 1 aromatic heterocycles. The number of benzene rings is 3. The van der Waals surface area contributed by atoms with E-state index < -0.39 is 11.5 Å². The first-order valence-electron chi connectivity index (χ1n) is 9.64. The van der Waals surface area contributed by atoms with Crippen LogP contribution >= 0.6 is 0 Å². The second-order valence-corrected chi connectivity index (χ2v) is 7.03. The molecule has 0 spiro atoms. The zero-order chi connectivity index (χ0) is 21.1. The fourth-order valence-corrected chi connectivity index (χ4v) is 4.02. The van der Waals surface area contributed by atoms with Gasteiger partial charge in [-0.1, -0.05) is 91.0 Å². The topological polar surface area (TPSA) is 53.2 Å². The molecular weight excluding hydrogens is 376 g/mol. The summed E-state index contributed by atoms with van der Waals surface area (Å²) in [6, 6.07) is 29.5. The third-order valence-electron chi connectivity index (χ3n) is 5.44. The second kappa shape index (κ2) is 7.87. The molecule has 5 heteroatoms. The summed E-state index contributed by atoms with van der Waals surface area (Å²) >= 11 is 0. The Hall–Kier alpha value is -3.86. The van der Waals surface area contributed by atoms with E-state index in [1.54, 1.807) is 17.8 Å². The molecule has 4 rings (SSSR count). The molecule has 0 amide bonds. The fraction of sp³-hybridized carbons (Fsp3) is 0.120. The van der Waals surface area contributed by atoms with Crippen LogP contribution in [0.3, 0.4) is 0 Å². The molecule has 3 aromatic carbocycles. The van der Waals surface area contributed by atoms with Crippen LogP contribution < -0.4 is 5.69 Å². The van der Waals surface area contributed by atoms with E-state index in [0.29, 0.717) is 0 Å². The zero-order valence-electron chi connectivity index (χ0n) is 16.9. The van der Waals surface area contributed by atoms with E-state index in [9.17, 15) is 9.59 Å². The van der Waals surface area contributed by atoms with Crippen LogP contribution in [0.15, 0.2) is 102 Å². The summed E-state index contributed by atoms with van der Waals surface area (Å²) in [6.07, 6.45) is 1.58. The van der Waals surface area contributed by atoms with E-state index in [0.717, 1.165) is 16.7 Å². The van der Waals surface area contributed by atoms with Crippen LogP contribution in [-0.4, -0.2) is 22.2 Å². The highest BCUT2D eigenvalue weighted by atomic mass is 16.5. The van der Waals surface area contributed by atoms with Crippen molar-refractivity contribution >= 4 is 5.97 Å². The van der Waals surface area contributed by atoms with Crippen molar-refractivity contribution in [3.63, 3.8) is 0 Å². The molecule has 30 heavy (non-hydrogen) atoms. The molecule has 0 N–H and O–H groups in total. The minimum Gasteiger partial charge on any atom is -0.464 e. The molecule has 5 nitrogen and oxygen atoms in total. The van der Waals surface area contributed by atoms with Gasteiger partial charge in [0.2, 0.25) is 0 Å². The highest BCUT2D eigenvalue weighted by molar-refractivity contribution is 5.87. The number of ether oxygens (including phenoxy) is 1. The van der Waals surface area contributed by atoms with Gasteiger partial charge in [0.15, 0.2) is 0 Å². The predicted molar refractivity (Wildman–Crippen MR) is 116 cm³/mol. The van der Waals surface area contributed by atoms with Crippen LogP contribution in [0.25, 0.3) is 0 Å². The van der Waals surface area contributed by atoms with Gasteiger partial charge in [-0.25, -0.2) is 9.59 Å². The van der Waals surface area contributed by atoms with Gasteiger partial charge < -0.3 is 4.74 Å². The monoisotopic (exact) mass is 398 g/mol. The summed E-state index contributed by atoms with van der Waals surface area (Å²) < 4.78 is 7.86. The molecule has 0 saturated carbocycles. The molecular formula is C25H22N2O3. The number of hydrogen-bond donors (Lipinski definition) is 0. The zero-order valence-corrected chi connectivity index (χ0v) is 16.9. The minimum atomic E-state index is -0.967. The number of aromatic nitrogens is 2. The first-order chi connectivity index (χ1) is 14.6. The van der Waals surface area contributed by atoms with Crippen molar-refractivity contribution in [3.8, 4) is 0 Å². The van der Waals surface area contributed by atoms with Gasteiger partial charge in [-0.05, 0) is 16.7 Å². The maximum Gasteiger partial charge on any atom is 0.356 e. The Morgan fingerprint density at radius 2 is 1.17 bits per heavy atom. The molecule has 0 aliphatic rings. The third kappa shape index (κ3) is 2.95. The summed E-state index contributed by atoms with van der Waals surface area (Å²) in [5.74, 6) is -0.559. The van der Waals surface area contributed by atoms with Crippen LogP contribution in [0.2, 0.25) is 0 Å². The van der Waals surface area contributed by atoms with E-state index in [2.05, 4.69) is 0 Å². The van der Waals surface area contributed by atoms with Gasteiger partial charge in [0.1, 0.15) is 11.2 Å². The van der Waals surface area contributed by atoms with E-state index in [1.807, 2.05) is 91.0 Å². The number of methoxy groups -OCH3 is 1. The van der Waals surface area contributed by atoms with Crippen molar-refractivity contribution in [2.24, 2.45) is 7.05 Å². The van der Waals surface area contributed by atoms with Crippen molar-refractivity contribution in [3.05, 3.63) is 130 Å². The van der Waals surface area contributed by atoms with Crippen LogP contribution in [0, 0.1) is 0 Å². The number of carbonyl (C=O) groups excluding carboxylic acids is 1. The number of rotatable bonds is 5. The molecule has 0 aliphatic carbocycles. The van der Waals surface area contributed by atoms with Gasteiger partial charge >= 0.3 is 11.7 Å². The Labute approximate surface area is 174 Å². The molecule has 0 atom stereocenters. The number of imidazole rings is 1. The van der Waals surface area contributed by atoms with Gasteiger partial charge in [0.05, 0.1) is 7.11 Å². The van der Waals surface area contributed by atoms with Crippen LogP contribution in [-0.2, 0) is 17.3 Å². The van der Waals surface area contributed by atoms with Gasteiger partial charge in [0.25, 0.3) is 0 Å². The Morgan fingerprint density at radius 1 is 0.767 bits per heavy atom. The van der Waals surface area contributed by atoms with Crippen LogP contribution in [0.1, 0.15) is 27.2 Å². The lowest BCUT2D eigenvalue weighted by molar-refractivity contribution is 0.0589. The van der Waals surface area contributed by atoms with Crippen LogP contribution in [0.5, 0.6) is 0 Å². The van der Waals surface area contributed by atoms with Crippen LogP contribution in [0.4, 0.5) is 0 Å². The summed E-state index contributed by atoms with van der Waals surface area (Å²) in [4.78, 5) is 25.8. The SMILES string of the molecule is COC(=O)c1cn(C(c2ccccc2)(c2ccccc2)c2ccccc2)c(=O)n1C. The summed E-state index contributed by atoms with van der Waals surface area (Å²) in [5, 5.41) is 0. The van der Waals surface area contributed by atoms with E-state index in [-0.39, 0.29) is 11.4 Å². The Kier molecular flexibility index (Phi) is 5.11. The molecule has 0 radical (unpaired) electrons. The number of hydrogen-bond acceptors (Lipinski definition) is 3. The molecule has 1 heterocycles. The average molecular weight is 398 g/mol. The predicted octanol–water partition coefficient (Wildman–Crippen LogP) is 3.81. The number of nitrogens with zero attached hydrogens (tertiary/aromatic N) is 2. The van der Waals surface area contributed by atoms with Crippen molar-refractivity contribution in [1.82, 2.24) is 9.13 Å². The smallest absolute Gasteiger partial charge is 0.356 e. The quantitative estimate of drug-likeness (QED) is 0.379. The van der Waals surface area contributed by atoms with Gasteiger partial charge in [0, 0.05) is 13.2 Å². The van der Waals surface area contributed by atoms with Crippen molar-refractivity contribution in [2.75, 3.05) is 7.11 Å². The highest BCUT2D eigenvalue weighted by Crippen LogP contribution is 2.40. The molecule has 0 bridgehead atoms. The minimum absolute atomic E-state index is 0.190. The maximum atomic E-state index is 13.5. The summed E-state index contributed by atoms with van der Waals surface area (Å²) in [7, 11) is 2.89. The van der Waals surface area contributed by atoms with Crippen molar-refractivity contribution in [1.29, 1.82) is 0 Å². The van der Waals surface area contributed by atoms with E-state index in [1.165, 1.54) is 11.7 Å². The Bertz CT molecular complexity index is 1110. The molecule has 0 fully saturated rings. The Morgan fingerprint density at radius 3 is 1.53 bits per heavy atom. The molecule has 0 unspecified atom stereocenters. The molecule has 0 saturated heterocycles. The van der Waals surface area contributed by atoms with Crippen molar-refractivity contribution < 1.29 is 9.53 Å². The first kappa shape index (κ1) is 19.5. The highest BCUT2D eigenvalue weighted by Gasteiger charge is 2.40. The standard InChI is InChI=1S/C25H22N2O3/c1-26-22(23(28)30-2)18-27(24(26)29)25(19-12-6-3-7-13-19,20-14-8-4-9-15-20)21-16-10-5-11-17-21/h3-18H,1-2H3. The maximum absolute atomic E-state index is 13.5. The summed E-state index contributed by atoms with van der Waals surface area (Å²) in [6.45, 7) is 0. The Balaban J connectivity index is 2.18. The molecule has 0 aliphatic heterocycles. The van der Waals surface area contributed by atoms with Gasteiger partial charge in [-0.2, -0.15) is 0 Å². The number of esters is 1. The third-order valence-corrected chi connectivity index (χ3v) is 5.44.